The molecule has 105 heavy (non-hydrogen) atoms. The predicted molar refractivity (Wildman–Crippen MR) is 423 cm³/mol. The van der Waals surface area contributed by atoms with Crippen molar-refractivity contribution < 1.29 is 72.6 Å². The molecule has 5 amide bonds. The van der Waals surface area contributed by atoms with Crippen LogP contribution >= 0.6 is 0 Å². The molecular weight excluding hydrogens is 1330 g/mol. The molecule has 21 heteroatoms. The van der Waals surface area contributed by atoms with E-state index >= 15 is 0 Å². The number of carbonyl (C=O) groups excluding carboxylic acids is 4. The van der Waals surface area contributed by atoms with Crippen LogP contribution in [0.15, 0.2) is 48.6 Å². The average molecular weight is 1490 g/mol. The molecule has 1 saturated heterocycles. The molecule has 21 nitrogen and oxygen atoms in total. The van der Waals surface area contributed by atoms with Gasteiger partial charge in [-0.1, -0.05) is 174 Å². The van der Waals surface area contributed by atoms with Gasteiger partial charge in [0.25, 0.3) is 0 Å². The Bertz CT molecular complexity index is 2410. The van der Waals surface area contributed by atoms with E-state index in [1.165, 1.54) is 128 Å². The predicted octanol–water partition coefficient (Wildman–Crippen LogP) is 17.3. The van der Waals surface area contributed by atoms with Gasteiger partial charge in [0.2, 0.25) is 17.7 Å². The highest BCUT2D eigenvalue weighted by Gasteiger charge is 2.41. The Morgan fingerprint density at radius 1 is 0.505 bits per heavy atom. The van der Waals surface area contributed by atoms with Gasteiger partial charge in [0.1, 0.15) is 12.1 Å². The topological polar surface area (TPSA) is 290 Å². The fourth-order valence-electron chi connectivity index (χ4n) is 12.3. The van der Waals surface area contributed by atoms with Crippen LogP contribution in [0.3, 0.4) is 0 Å². The molecule has 0 spiro atoms. The lowest BCUT2D eigenvalue weighted by Crippen LogP contribution is -2.51. The van der Waals surface area contributed by atoms with Crippen LogP contribution < -0.4 is 26.6 Å². The molecule has 0 aromatic carbocycles. The molecule has 7 atom stereocenters. The molecule has 0 radical (unpaired) electrons. The number of ether oxygens (including phenoxy) is 5. The molecule has 1 aliphatic heterocycles. The Hall–Kier alpha value is -5.19. The molecule has 7 unspecified atom stereocenters. The lowest BCUT2D eigenvalue weighted by atomic mass is 9.86. The summed E-state index contributed by atoms with van der Waals surface area (Å²) < 4.78 is 32.8. The molecule has 0 aromatic rings. The average Bonchev–Trinajstić information content (AvgIpc) is 1.58. The summed E-state index contributed by atoms with van der Waals surface area (Å²) in [6, 6.07) is -3.92. The molecular formula is C84H152N6O15. The maximum Gasteiger partial charge on any atom is 0.326 e. The van der Waals surface area contributed by atoms with Crippen LogP contribution in [-0.4, -0.2) is 169 Å². The number of urea groups is 1. The number of hydrogen-bond acceptors (Lipinski definition) is 13. The summed E-state index contributed by atoms with van der Waals surface area (Å²) >= 11 is 0. The molecule has 0 bridgehead atoms. The number of hydrogen-bond donors (Lipinski definition) is 8. The second-order valence-corrected chi connectivity index (χ2v) is 30.7. The van der Waals surface area contributed by atoms with Gasteiger partial charge in [-0.05, 0) is 189 Å². The van der Waals surface area contributed by atoms with Crippen LogP contribution in [0.1, 0.15) is 332 Å². The third-order valence-corrected chi connectivity index (χ3v) is 20.9. The molecule has 1 heterocycles. The zero-order valence-corrected chi connectivity index (χ0v) is 67.9. The fraction of sp³-hybridized carbons (Fsp3) is 0.821. The molecule has 1 fully saturated rings. The molecule has 0 aliphatic carbocycles. The third kappa shape index (κ3) is 49.5. The number of nitrogens with one attached hydrogen (secondary N) is 5. The maximum absolute atomic E-state index is 13.7. The van der Waals surface area contributed by atoms with Gasteiger partial charge >= 0.3 is 23.9 Å². The highest BCUT2D eigenvalue weighted by Crippen LogP contribution is 2.36. The normalized spacial score (nSPS) is 17.7. The molecule has 1 aliphatic rings. The minimum atomic E-state index is -1.51. The third-order valence-electron chi connectivity index (χ3n) is 20.9. The number of amides is 5. The van der Waals surface area contributed by atoms with Crippen molar-refractivity contribution in [3.8, 4) is 0 Å². The number of carbonyl (C=O) groups is 7. The summed E-state index contributed by atoms with van der Waals surface area (Å²) in [5, 5.41) is 41.1. The van der Waals surface area contributed by atoms with Gasteiger partial charge in [-0.2, -0.15) is 0 Å². The molecule has 0 aromatic heterocycles. The molecule has 0 saturated carbocycles. The van der Waals surface area contributed by atoms with Gasteiger partial charge in [0.05, 0.1) is 61.2 Å². The summed E-state index contributed by atoms with van der Waals surface area (Å²) in [5.41, 5.74) is -3.06. The van der Waals surface area contributed by atoms with Crippen molar-refractivity contribution in [2.24, 2.45) is 5.41 Å². The Labute approximate surface area is 636 Å². The van der Waals surface area contributed by atoms with Crippen molar-refractivity contribution in [2.45, 2.75) is 373 Å². The van der Waals surface area contributed by atoms with Crippen LogP contribution in [0.25, 0.3) is 0 Å². The van der Waals surface area contributed by atoms with E-state index in [2.05, 4.69) is 108 Å². The van der Waals surface area contributed by atoms with Crippen molar-refractivity contribution in [1.82, 2.24) is 31.5 Å². The lowest BCUT2D eigenvalue weighted by molar-refractivity contribution is -0.180. The Morgan fingerprint density at radius 2 is 1.01 bits per heavy atom. The van der Waals surface area contributed by atoms with E-state index in [4.69, 9.17) is 28.8 Å². The number of allylic oxidation sites excluding steroid dienone is 8. The van der Waals surface area contributed by atoms with Crippen LogP contribution in [0, 0.1) is 5.41 Å². The zero-order chi connectivity index (χ0) is 77.9. The van der Waals surface area contributed by atoms with Crippen molar-refractivity contribution in [1.29, 1.82) is 0 Å². The number of aliphatic carboxylic acids is 3. The molecule has 608 valence electrons. The first-order valence-corrected chi connectivity index (χ1v) is 41.4. The van der Waals surface area contributed by atoms with Crippen molar-refractivity contribution in [3.05, 3.63) is 48.6 Å². The Morgan fingerprint density at radius 3 is 1.52 bits per heavy atom. The van der Waals surface area contributed by atoms with Crippen molar-refractivity contribution in [2.75, 3.05) is 66.2 Å². The van der Waals surface area contributed by atoms with Crippen LogP contribution in [0.2, 0.25) is 0 Å². The second-order valence-electron chi connectivity index (χ2n) is 30.7. The van der Waals surface area contributed by atoms with E-state index in [1.807, 2.05) is 48.5 Å². The lowest BCUT2D eigenvalue weighted by Gasteiger charge is -2.36. The summed E-state index contributed by atoms with van der Waals surface area (Å²) in [6.07, 6.45) is 56.8. The van der Waals surface area contributed by atoms with Crippen molar-refractivity contribution >= 4 is 41.7 Å². The Balaban J connectivity index is 2.54. The van der Waals surface area contributed by atoms with E-state index in [0.717, 1.165) is 77.3 Å². The van der Waals surface area contributed by atoms with E-state index in [9.17, 15) is 43.8 Å². The number of carboxylic acid groups (broad SMARTS) is 3. The summed E-state index contributed by atoms with van der Waals surface area (Å²) in [6.45, 7) is 24.1. The summed E-state index contributed by atoms with van der Waals surface area (Å²) in [4.78, 5) is 88.8. The first-order chi connectivity index (χ1) is 50.3. The van der Waals surface area contributed by atoms with E-state index < -0.39 is 70.4 Å². The maximum atomic E-state index is 13.7. The zero-order valence-electron chi connectivity index (χ0n) is 67.9. The minimum Gasteiger partial charge on any atom is -0.481 e. The Kier molecular flexibility index (Phi) is 55.6. The largest absolute Gasteiger partial charge is 0.481 e. The summed E-state index contributed by atoms with van der Waals surface area (Å²) in [5.74, 6) is -4.96. The second kappa shape index (κ2) is 59.7. The quantitative estimate of drug-likeness (QED) is 0.0207. The van der Waals surface area contributed by atoms with Crippen LogP contribution in [0.5, 0.6) is 0 Å². The van der Waals surface area contributed by atoms with E-state index in [1.54, 1.807) is 0 Å². The number of nitrogens with zero attached hydrogens (tertiary/aromatic N) is 1. The van der Waals surface area contributed by atoms with Gasteiger partial charge in [0, 0.05) is 51.9 Å². The monoisotopic (exact) mass is 1490 g/mol. The molecule has 1 rings (SSSR count). The van der Waals surface area contributed by atoms with Gasteiger partial charge in [0.15, 0.2) is 5.79 Å². The standard InChI is InChI=1S/C84H152N6O15/c1-12-18-20-22-24-26-28-30-32-34-36-38-40-42-44-49-58-84(59-50-45-43-41-39-37-35-33-31-29-27-25-23-21-19-13-2)102-66-70(105-84)57-63-90(11)62-52-46-47-54-73(91)87-67-82(9,16-5)104-69-83(10,17-6)101-64-61-86-78(99)80(7,14-3)68-103-81(8,15-4)65-74(92)85-60-51-48-53-71(76(95)96)88-79(100)89-72(77(97)98)55-56-75(93)94/h24-27,30-33,70-72H,12-23,28-29,34-69H2,1-11H3,(H,85,92)(H,86,99)(H,87,91)(H,93,94)(H,95,96)(H,97,98)(H2,88,89,100). The van der Waals surface area contributed by atoms with Crippen LogP contribution in [-0.2, 0) is 52.5 Å². The van der Waals surface area contributed by atoms with E-state index in [-0.39, 0.29) is 69.4 Å². The number of carboxylic acids is 3. The van der Waals surface area contributed by atoms with Gasteiger partial charge in [-0.3, -0.25) is 19.2 Å². The highest BCUT2D eigenvalue weighted by atomic mass is 16.7. The highest BCUT2D eigenvalue weighted by molar-refractivity contribution is 5.86. The molecule has 8 N–H and O–H groups in total. The van der Waals surface area contributed by atoms with Crippen molar-refractivity contribution in [3.63, 3.8) is 0 Å². The number of rotatable bonds is 70. The fourth-order valence-corrected chi connectivity index (χ4v) is 12.3. The van der Waals surface area contributed by atoms with Gasteiger partial charge in [-0.15, -0.1) is 0 Å². The first-order valence-electron chi connectivity index (χ1n) is 41.4. The van der Waals surface area contributed by atoms with Gasteiger partial charge < -0.3 is 70.5 Å². The van der Waals surface area contributed by atoms with Gasteiger partial charge in [-0.25, -0.2) is 14.4 Å². The number of unbranched alkanes of at least 4 members (excludes halogenated alkanes) is 21. The van der Waals surface area contributed by atoms with Crippen LogP contribution in [0.4, 0.5) is 4.79 Å². The van der Waals surface area contributed by atoms with E-state index in [0.29, 0.717) is 64.7 Å². The first kappa shape index (κ1) is 97.8. The SMILES string of the molecule is CCCCCC=CCC=CCCCCCCCCC1(CCCCCCCCC=CCC=CCCCCC)OCC(CCN(C)CCCCCC(=O)NCC(C)(CC)OCC(C)(CC)OCCNC(=O)C(C)(CC)COC(C)(CC)CC(=O)NCCCCC(NC(=O)NC(CCC(=O)O)C(=O)O)C(=O)O)O1. The minimum absolute atomic E-state index is 0.00885. The summed E-state index contributed by atoms with van der Waals surface area (Å²) in [7, 11) is 2.19. The smallest absolute Gasteiger partial charge is 0.326 e.